The maximum absolute atomic E-state index is 11.9. The van der Waals surface area contributed by atoms with Gasteiger partial charge in [0, 0.05) is 0 Å². The van der Waals surface area contributed by atoms with Crippen molar-refractivity contribution in [3.05, 3.63) is 83.1 Å². The van der Waals surface area contributed by atoms with Crippen molar-refractivity contribution in [2.45, 2.75) is 33.6 Å². The molecule has 0 aliphatic heterocycles. The molecule has 23 heavy (non-hydrogen) atoms. The Morgan fingerprint density at radius 2 is 1.61 bits per heavy atom. The molecule has 0 amide bonds. The first-order valence-electron chi connectivity index (χ1n) is 8.04. The molecule has 0 saturated heterocycles. The normalized spacial score (nSPS) is 11.6. The van der Waals surface area contributed by atoms with Crippen LogP contribution in [-0.2, 0) is 17.6 Å². The van der Waals surface area contributed by atoms with Gasteiger partial charge in [-0.15, -0.1) is 0 Å². The molecule has 120 valence electrons. The lowest BCUT2D eigenvalue weighted by molar-refractivity contribution is 0.0660. The van der Waals surface area contributed by atoms with Gasteiger partial charge < -0.3 is 4.74 Å². The van der Waals surface area contributed by atoms with E-state index in [2.05, 4.69) is 38.1 Å². The van der Waals surface area contributed by atoms with E-state index < -0.39 is 0 Å². The Balaban J connectivity index is 1.90. The fraction of sp³-hybridized carbons (Fsp3) is 0.286. The van der Waals surface area contributed by atoms with E-state index >= 15 is 0 Å². The van der Waals surface area contributed by atoms with Gasteiger partial charge in [0.15, 0.2) is 0 Å². The van der Waals surface area contributed by atoms with Crippen molar-refractivity contribution >= 4 is 5.97 Å². The molecule has 0 aliphatic carbocycles. The first-order valence-corrected chi connectivity index (χ1v) is 8.04. The van der Waals surface area contributed by atoms with Crippen molar-refractivity contribution in [1.29, 1.82) is 0 Å². The highest BCUT2D eigenvalue weighted by Gasteiger charge is 2.05. The van der Waals surface area contributed by atoms with Crippen molar-refractivity contribution in [2.75, 3.05) is 0 Å². The van der Waals surface area contributed by atoms with Gasteiger partial charge in [-0.05, 0) is 54.5 Å². The maximum Gasteiger partial charge on any atom is 0.342 e. The molecule has 0 unspecified atom stereocenters. The summed E-state index contributed by atoms with van der Waals surface area (Å²) in [5.74, 6) is 0.345. The van der Waals surface area contributed by atoms with Crippen LogP contribution in [0.3, 0.4) is 0 Å². The molecule has 0 atom stereocenters. The van der Waals surface area contributed by atoms with Gasteiger partial charge in [0.25, 0.3) is 0 Å². The third-order valence-corrected chi connectivity index (χ3v) is 3.53. The zero-order chi connectivity index (χ0) is 16.7. The first kappa shape index (κ1) is 17.0. The molecule has 0 spiro atoms. The average Bonchev–Trinajstić information content (AvgIpc) is 2.55. The summed E-state index contributed by atoms with van der Waals surface area (Å²) in [6.07, 6.45) is 3.44. The van der Waals surface area contributed by atoms with Crippen LogP contribution >= 0.6 is 0 Å². The monoisotopic (exact) mass is 308 g/mol. The molecular weight excluding hydrogens is 284 g/mol. The van der Waals surface area contributed by atoms with E-state index in [-0.39, 0.29) is 5.97 Å². The largest absolute Gasteiger partial charge is 0.431 e. The van der Waals surface area contributed by atoms with E-state index in [0.717, 1.165) is 18.4 Å². The molecule has 0 aromatic heterocycles. The Morgan fingerprint density at radius 1 is 1.00 bits per heavy atom. The van der Waals surface area contributed by atoms with Crippen LogP contribution in [0.4, 0.5) is 0 Å². The molecule has 2 aromatic carbocycles. The lowest BCUT2D eigenvalue weighted by atomic mass is 10.00. The fourth-order valence-electron chi connectivity index (χ4n) is 2.42. The molecular formula is C21H24O2. The molecule has 0 aliphatic rings. The predicted octanol–water partition coefficient (Wildman–Crippen LogP) is 5.19. The Kier molecular flexibility index (Phi) is 6.16. The molecule has 0 radical (unpaired) electrons. The van der Waals surface area contributed by atoms with Gasteiger partial charge in [-0.25, -0.2) is 4.79 Å². The minimum Gasteiger partial charge on any atom is -0.431 e. The summed E-state index contributed by atoms with van der Waals surface area (Å²) in [7, 11) is 0. The number of carbonyl (C=O) groups excluding carboxylic acids is 1. The van der Waals surface area contributed by atoms with Crippen molar-refractivity contribution in [1.82, 2.24) is 0 Å². The van der Waals surface area contributed by atoms with Gasteiger partial charge in [-0.2, -0.15) is 0 Å². The Hall–Kier alpha value is -2.35. The number of benzene rings is 2. The van der Waals surface area contributed by atoms with Gasteiger partial charge >= 0.3 is 5.97 Å². The lowest BCUT2D eigenvalue weighted by Crippen LogP contribution is -2.01. The highest BCUT2D eigenvalue weighted by Crippen LogP contribution is 2.13. The molecule has 2 heteroatoms. The Bertz CT molecular complexity index is 652. The summed E-state index contributed by atoms with van der Waals surface area (Å²) in [5, 5.41) is 0. The van der Waals surface area contributed by atoms with Gasteiger partial charge in [0.05, 0.1) is 11.8 Å². The third-order valence-electron chi connectivity index (χ3n) is 3.53. The van der Waals surface area contributed by atoms with Crippen LogP contribution < -0.4 is 0 Å². The minimum atomic E-state index is -0.322. The van der Waals surface area contributed by atoms with E-state index in [0.29, 0.717) is 11.5 Å². The average molecular weight is 308 g/mol. The van der Waals surface area contributed by atoms with Gasteiger partial charge in [-0.3, -0.25) is 0 Å². The van der Waals surface area contributed by atoms with Crippen LogP contribution in [0.25, 0.3) is 0 Å². The van der Waals surface area contributed by atoms with Crippen LogP contribution in [0.5, 0.6) is 0 Å². The standard InChI is InChI=1S/C21H24O2/c1-16(2)13-18-9-11-19(12-10-18)14-17(3)15-23-21(22)20-7-5-4-6-8-20/h4-12,15-16H,13-14H2,1-3H3/b17-15+. The van der Waals surface area contributed by atoms with E-state index in [1.165, 1.54) is 11.1 Å². The second kappa shape index (κ2) is 8.33. The minimum absolute atomic E-state index is 0.322. The first-order chi connectivity index (χ1) is 11.0. The van der Waals surface area contributed by atoms with Gasteiger partial charge in [0.1, 0.15) is 0 Å². The van der Waals surface area contributed by atoms with E-state index in [4.69, 9.17) is 4.74 Å². The number of carbonyl (C=O) groups is 1. The summed E-state index contributed by atoms with van der Waals surface area (Å²) >= 11 is 0. The van der Waals surface area contributed by atoms with Crippen LogP contribution in [0.15, 0.2) is 66.4 Å². The zero-order valence-electron chi connectivity index (χ0n) is 14.1. The van der Waals surface area contributed by atoms with Gasteiger partial charge in [-0.1, -0.05) is 56.3 Å². The SMILES string of the molecule is C/C(=C\OC(=O)c1ccccc1)Cc1ccc(CC(C)C)cc1. The van der Waals surface area contributed by atoms with E-state index in [1.54, 1.807) is 18.4 Å². The number of esters is 1. The zero-order valence-corrected chi connectivity index (χ0v) is 14.1. The number of hydrogen-bond acceptors (Lipinski definition) is 2. The van der Waals surface area contributed by atoms with Crippen LogP contribution in [0, 0.1) is 5.92 Å². The van der Waals surface area contributed by atoms with E-state index in [1.807, 2.05) is 25.1 Å². The summed E-state index contributed by atoms with van der Waals surface area (Å²) in [4.78, 5) is 11.9. The Labute approximate surface area is 138 Å². The summed E-state index contributed by atoms with van der Waals surface area (Å²) in [6.45, 7) is 6.42. The number of ether oxygens (including phenoxy) is 1. The second-order valence-electron chi connectivity index (χ2n) is 6.33. The summed E-state index contributed by atoms with van der Waals surface area (Å²) in [6, 6.07) is 17.7. The number of allylic oxidation sites excluding steroid dienone is 1. The van der Waals surface area contributed by atoms with Crippen molar-refractivity contribution in [3.63, 3.8) is 0 Å². The molecule has 0 saturated carbocycles. The highest BCUT2D eigenvalue weighted by molar-refractivity contribution is 5.89. The van der Waals surface area contributed by atoms with Crippen molar-refractivity contribution < 1.29 is 9.53 Å². The quantitative estimate of drug-likeness (QED) is 0.542. The van der Waals surface area contributed by atoms with Crippen molar-refractivity contribution in [3.8, 4) is 0 Å². The summed E-state index contributed by atoms with van der Waals surface area (Å²) in [5.41, 5.74) is 4.17. The lowest BCUT2D eigenvalue weighted by Gasteiger charge is -2.07. The highest BCUT2D eigenvalue weighted by atomic mass is 16.5. The third kappa shape index (κ3) is 5.74. The van der Waals surface area contributed by atoms with Crippen molar-refractivity contribution in [2.24, 2.45) is 5.92 Å². The van der Waals surface area contributed by atoms with E-state index in [9.17, 15) is 4.79 Å². The predicted molar refractivity (Wildman–Crippen MR) is 94.3 cm³/mol. The number of rotatable bonds is 6. The molecule has 2 rings (SSSR count). The molecule has 0 fully saturated rings. The smallest absolute Gasteiger partial charge is 0.342 e. The summed E-state index contributed by atoms with van der Waals surface area (Å²) < 4.78 is 5.24. The number of hydrogen-bond donors (Lipinski definition) is 0. The second-order valence-corrected chi connectivity index (χ2v) is 6.33. The molecule has 0 bridgehead atoms. The molecule has 0 N–H and O–H groups in total. The molecule has 2 aromatic rings. The fourth-order valence-corrected chi connectivity index (χ4v) is 2.42. The van der Waals surface area contributed by atoms with Crippen LogP contribution in [-0.4, -0.2) is 5.97 Å². The van der Waals surface area contributed by atoms with Gasteiger partial charge in [0.2, 0.25) is 0 Å². The molecule has 0 heterocycles. The maximum atomic E-state index is 11.9. The van der Waals surface area contributed by atoms with Crippen LogP contribution in [0.2, 0.25) is 0 Å². The Morgan fingerprint density at radius 3 is 2.22 bits per heavy atom. The van der Waals surface area contributed by atoms with Crippen LogP contribution in [0.1, 0.15) is 42.3 Å². The topological polar surface area (TPSA) is 26.3 Å². The molecule has 2 nitrogen and oxygen atoms in total.